The lowest BCUT2D eigenvalue weighted by atomic mass is 10.0. The molecule has 120 valence electrons. The van der Waals surface area contributed by atoms with Gasteiger partial charge in [-0.15, -0.1) is 22.2 Å². The van der Waals surface area contributed by atoms with Crippen LogP contribution in [0.1, 0.15) is 82.2 Å². The molecule has 0 aromatic heterocycles. The average Bonchev–Trinajstić information content (AvgIpc) is 2.50. The molecule has 0 saturated heterocycles. The summed E-state index contributed by atoms with van der Waals surface area (Å²) in [5, 5.41) is 0. The van der Waals surface area contributed by atoms with Gasteiger partial charge in [-0.05, 0) is 12.0 Å². The molecule has 0 aliphatic carbocycles. The van der Waals surface area contributed by atoms with E-state index in [2.05, 4.69) is 37.3 Å². The summed E-state index contributed by atoms with van der Waals surface area (Å²) in [5.41, 5.74) is 1.75. The number of unbranched alkanes of at least 4 members (excludes halogenated alkanes) is 8. The molecule has 0 spiro atoms. The Morgan fingerprint density at radius 1 is 0.810 bits per heavy atom. The third kappa shape index (κ3) is 8.90. The minimum atomic E-state index is -1.65. The predicted molar refractivity (Wildman–Crippen MR) is 99.9 cm³/mol. The first-order valence-electron chi connectivity index (χ1n) is 8.58. The zero-order chi connectivity index (χ0) is 15.3. The zero-order valence-electron chi connectivity index (χ0n) is 13.4. The van der Waals surface area contributed by atoms with Crippen molar-refractivity contribution in [2.75, 3.05) is 0 Å². The van der Waals surface area contributed by atoms with E-state index in [-0.39, 0.29) is 0 Å². The summed E-state index contributed by atoms with van der Waals surface area (Å²) >= 11 is 12.6. The molecule has 0 saturated carbocycles. The van der Waals surface area contributed by atoms with Crippen LogP contribution in [0.2, 0.25) is 0 Å². The Bertz CT molecular complexity index is 340. The van der Waals surface area contributed by atoms with Gasteiger partial charge in [0.15, 0.2) is 0 Å². The number of hydrogen-bond acceptors (Lipinski definition) is 0. The zero-order valence-corrected chi connectivity index (χ0v) is 16.0. The van der Waals surface area contributed by atoms with Gasteiger partial charge in [0, 0.05) is 5.54 Å². The molecule has 0 amide bonds. The van der Waals surface area contributed by atoms with Crippen molar-refractivity contribution in [3.05, 3.63) is 35.9 Å². The topological polar surface area (TPSA) is 0 Å². The quantitative estimate of drug-likeness (QED) is 0.219. The minimum absolute atomic E-state index is 0.416. The molecule has 0 bridgehead atoms. The molecular weight excluding hydrogens is 315 g/mol. The van der Waals surface area contributed by atoms with E-state index in [0.717, 1.165) is 6.42 Å². The van der Waals surface area contributed by atoms with E-state index in [9.17, 15) is 0 Å². The largest absolute Gasteiger partial charge is 0.244 e. The van der Waals surface area contributed by atoms with Crippen molar-refractivity contribution >= 4 is 29.6 Å². The Kier molecular flexibility index (Phi) is 11.4. The second-order valence-corrected chi connectivity index (χ2v) is 10.9. The molecule has 0 N–H and O–H groups in total. The Labute approximate surface area is 142 Å². The van der Waals surface area contributed by atoms with Crippen LogP contribution in [0.25, 0.3) is 0 Å². The van der Waals surface area contributed by atoms with Gasteiger partial charge in [0.05, 0.1) is 0 Å². The Morgan fingerprint density at radius 2 is 1.33 bits per heavy atom. The van der Waals surface area contributed by atoms with Crippen LogP contribution >= 0.6 is 22.2 Å². The van der Waals surface area contributed by atoms with Crippen molar-refractivity contribution in [1.82, 2.24) is 0 Å². The molecule has 21 heavy (non-hydrogen) atoms. The molecule has 0 aliphatic rings. The summed E-state index contributed by atoms with van der Waals surface area (Å²) < 4.78 is 0. The predicted octanol–water partition coefficient (Wildman–Crippen LogP) is 6.93. The summed E-state index contributed by atoms with van der Waals surface area (Å²) in [7, 11) is -1.65. The van der Waals surface area contributed by atoms with Crippen molar-refractivity contribution in [2.45, 2.75) is 76.7 Å². The Balaban J connectivity index is 2.12. The highest BCUT2D eigenvalue weighted by atomic mass is 35.7. The molecule has 1 unspecified atom stereocenters. The van der Waals surface area contributed by atoms with Gasteiger partial charge in [-0.3, -0.25) is 0 Å². The summed E-state index contributed by atoms with van der Waals surface area (Å²) in [6.07, 6.45) is 13.5. The standard InChI is InChI=1S/C18H30Cl2Si/c1-2-3-4-5-6-7-8-9-13-16-18(21(19)20)17-14-11-10-12-15-17/h10-12,14-15,18,21H,2-9,13,16H2,1H3. The fourth-order valence-electron chi connectivity index (χ4n) is 2.81. The summed E-state index contributed by atoms with van der Waals surface area (Å²) in [4.78, 5) is 0. The van der Waals surface area contributed by atoms with E-state index in [1.807, 2.05) is 0 Å². The Morgan fingerprint density at radius 3 is 1.86 bits per heavy atom. The van der Waals surface area contributed by atoms with Crippen LogP contribution in [-0.4, -0.2) is 7.42 Å². The number of benzene rings is 1. The maximum Gasteiger partial charge on any atom is 0.244 e. The van der Waals surface area contributed by atoms with E-state index >= 15 is 0 Å². The molecule has 0 radical (unpaired) electrons. The van der Waals surface area contributed by atoms with Crippen molar-refractivity contribution in [3.63, 3.8) is 0 Å². The lowest BCUT2D eigenvalue weighted by Gasteiger charge is -2.17. The van der Waals surface area contributed by atoms with Gasteiger partial charge in [0.25, 0.3) is 0 Å². The van der Waals surface area contributed by atoms with Crippen molar-refractivity contribution < 1.29 is 0 Å². The highest BCUT2D eigenvalue weighted by Crippen LogP contribution is 2.29. The number of hydrogen-bond donors (Lipinski definition) is 0. The van der Waals surface area contributed by atoms with Crippen LogP contribution in [0.3, 0.4) is 0 Å². The summed E-state index contributed by atoms with van der Waals surface area (Å²) in [6.45, 7) is 2.27. The van der Waals surface area contributed by atoms with Crippen LogP contribution < -0.4 is 0 Å². The first-order valence-corrected chi connectivity index (χ1v) is 12.7. The molecule has 0 heterocycles. The third-order valence-electron chi connectivity index (χ3n) is 4.15. The molecular formula is C18H30Cl2Si. The van der Waals surface area contributed by atoms with E-state index < -0.39 is 7.42 Å². The van der Waals surface area contributed by atoms with Gasteiger partial charge < -0.3 is 0 Å². The van der Waals surface area contributed by atoms with E-state index in [1.165, 1.54) is 63.4 Å². The van der Waals surface area contributed by atoms with Crippen molar-refractivity contribution in [2.24, 2.45) is 0 Å². The van der Waals surface area contributed by atoms with E-state index in [1.54, 1.807) is 0 Å². The monoisotopic (exact) mass is 344 g/mol. The molecule has 1 aromatic rings. The fourth-order valence-corrected chi connectivity index (χ4v) is 5.44. The van der Waals surface area contributed by atoms with Crippen LogP contribution in [0.15, 0.2) is 30.3 Å². The first kappa shape index (κ1) is 19.1. The number of halogens is 2. The van der Waals surface area contributed by atoms with E-state index in [4.69, 9.17) is 22.2 Å². The van der Waals surface area contributed by atoms with Gasteiger partial charge in [0.1, 0.15) is 0 Å². The number of rotatable bonds is 12. The highest BCUT2D eigenvalue weighted by Gasteiger charge is 2.20. The minimum Gasteiger partial charge on any atom is -0.150 e. The van der Waals surface area contributed by atoms with Gasteiger partial charge >= 0.3 is 0 Å². The molecule has 1 aromatic carbocycles. The maximum absolute atomic E-state index is 6.29. The van der Waals surface area contributed by atoms with Gasteiger partial charge in [0.2, 0.25) is 7.42 Å². The van der Waals surface area contributed by atoms with Crippen molar-refractivity contribution in [3.8, 4) is 0 Å². The Hall–Kier alpha value is 0.0169. The van der Waals surface area contributed by atoms with E-state index in [0.29, 0.717) is 5.54 Å². The van der Waals surface area contributed by atoms with Crippen molar-refractivity contribution in [1.29, 1.82) is 0 Å². The van der Waals surface area contributed by atoms with Gasteiger partial charge in [-0.2, -0.15) is 0 Å². The van der Waals surface area contributed by atoms with Gasteiger partial charge in [-0.1, -0.05) is 95.0 Å². The highest BCUT2D eigenvalue weighted by molar-refractivity contribution is 7.34. The maximum atomic E-state index is 6.29. The lowest BCUT2D eigenvalue weighted by molar-refractivity contribution is 0.553. The SMILES string of the molecule is CCCCCCCCCCCC(c1ccccc1)[SiH](Cl)Cl. The van der Waals surface area contributed by atoms with Gasteiger partial charge in [-0.25, -0.2) is 0 Å². The van der Waals surface area contributed by atoms with Crippen LogP contribution in [0.5, 0.6) is 0 Å². The molecule has 0 fully saturated rings. The van der Waals surface area contributed by atoms with Crippen LogP contribution in [-0.2, 0) is 0 Å². The van der Waals surface area contributed by atoms with Crippen LogP contribution in [0, 0.1) is 0 Å². The normalized spacial score (nSPS) is 12.8. The molecule has 0 nitrogen and oxygen atoms in total. The first-order chi connectivity index (χ1) is 10.3. The van der Waals surface area contributed by atoms with Crippen LogP contribution in [0.4, 0.5) is 0 Å². The fraction of sp³-hybridized carbons (Fsp3) is 0.667. The molecule has 3 heteroatoms. The molecule has 0 aliphatic heterocycles. The lowest BCUT2D eigenvalue weighted by Crippen LogP contribution is -2.11. The molecule has 1 rings (SSSR count). The second-order valence-electron chi connectivity index (χ2n) is 5.97. The summed E-state index contributed by atoms with van der Waals surface area (Å²) in [5.74, 6) is 0. The third-order valence-corrected chi connectivity index (χ3v) is 7.30. The average molecular weight is 345 g/mol. The summed E-state index contributed by atoms with van der Waals surface area (Å²) in [6, 6.07) is 10.6. The smallest absolute Gasteiger partial charge is 0.150 e. The molecule has 1 atom stereocenters. The second kappa shape index (κ2) is 12.5.